The summed E-state index contributed by atoms with van der Waals surface area (Å²) < 4.78 is 34.0. The monoisotopic (exact) mass is 548 g/mol. The Bertz CT molecular complexity index is 564. The van der Waals surface area contributed by atoms with Gasteiger partial charge in [0.2, 0.25) is 0 Å². The van der Waals surface area contributed by atoms with Crippen LogP contribution < -0.4 is 51.4 Å². The molecule has 0 saturated carbocycles. The van der Waals surface area contributed by atoms with E-state index >= 15 is 0 Å². The Balaban J connectivity index is -0.000000670. The molecule has 0 amide bonds. The van der Waals surface area contributed by atoms with Crippen LogP contribution in [-0.2, 0) is 24.4 Å². The van der Waals surface area contributed by atoms with Crippen LogP contribution in [0.2, 0.25) is 0 Å². The van der Waals surface area contributed by atoms with Crippen LogP contribution in [0.5, 0.6) is 0 Å². The zero-order chi connectivity index (χ0) is 26.1. The zero-order valence-corrected chi connectivity index (χ0v) is 26.3. The standard InChI is InChI=1S/C21H43O.C4H6O7S.K/c1-3-5-6-7-8-9-10-11-12-13-14-15-16-17-18-19-21-22-20-4-2;5-3(6)1-2(4(7)8)12(9,10)11;/h20H,3-19,21H2,1-2H3;2H,1H2,(H,5,6)(H,7,8)(H,9,10,11);/q-1;;+1. The van der Waals surface area contributed by atoms with Gasteiger partial charge in [0.25, 0.3) is 10.1 Å². The van der Waals surface area contributed by atoms with Crippen molar-refractivity contribution in [2.75, 3.05) is 6.61 Å². The molecule has 0 aliphatic rings. The molecule has 8 nitrogen and oxygen atoms in total. The molecule has 0 aromatic rings. The molecule has 0 aromatic carbocycles. The predicted molar refractivity (Wildman–Crippen MR) is 135 cm³/mol. The minimum Gasteiger partial charge on any atom is -0.552 e. The molecule has 0 radical (unpaired) electrons. The molecule has 0 fully saturated rings. The molecule has 204 valence electrons. The fraction of sp³-hybridized carbons (Fsp3) is 0.880. The van der Waals surface area contributed by atoms with Gasteiger partial charge in [-0.15, -0.1) is 0 Å². The average molecular weight is 549 g/mol. The second-order valence-corrected chi connectivity index (χ2v) is 10.3. The molecule has 3 N–H and O–H groups in total. The van der Waals surface area contributed by atoms with E-state index in [4.69, 9.17) is 19.5 Å². The molecule has 0 bridgehead atoms. The van der Waals surface area contributed by atoms with Crippen LogP contribution in [0.25, 0.3) is 0 Å². The van der Waals surface area contributed by atoms with Crippen LogP contribution >= 0.6 is 0 Å². The van der Waals surface area contributed by atoms with Gasteiger partial charge >= 0.3 is 63.3 Å². The Kier molecular flexibility index (Phi) is 33.1. The van der Waals surface area contributed by atoms with E-state index < -0.39 is 33.7 Å². The summed E-state index contributed by atoms with van der Waals surface area (Å²) in [6, 6.07) is 0. The van der Waals surface area contributed by atoms with Crippen LogP contribution in [0, 0.1) is 6.61 Å². The Morgan fingerprint density at radius 3 is 1.37 bits per heavy atom. The molecule has 10 heteroatoms. The van der Waals surface area contributed by atoms with Crippen molar-refractivity contribution in [1.29, 1.82) is 0 Å². The SMILES string of the molecule is CC[CH-]OCCCCCCCCCCCCCCCCCC.O=C(O)CC(C(=O)O)S(=O)(=O)O.[K+]. The number of unbranched alkanes of at least 4 members (excludes halogenated alkanes) is 15. The van der Waals surface area contributed by atoms with E-state index in [1.807, 2.05) is 6.61 Å². The Hall–Kier alpha value is 0.446. The van der Waals surface area contributed by atoms with Crippen molar-refractivity contribution in [3.05, 3.63) is 6.61 Å². The molecule has 1 unspecified atom stereocenters. The number of carboxylic acids is 2. The van der Waals surface area contributed by atoms with Crippen molar-refractivity contribution in [3.63, 3.8) is 0 Å². The number of ether oxygens (including phenoxy) is 1. The van der Waals surface area contributed by atoms with Crippen molar-refractivity contribution in [1.82, 2.24) is 0 Å². The largest absolute Gasteiger partial charge is 1.00 e. The maximum Gasteiger partial charge on any atom is 1.00 e. The van der Waals surface area contributed by atoms with E-state index in [0.717, 1.165) is 13.0 Å². The third kappa shape index (κ3) is 32.4. The molecular formula is C25H49KO8S. The van der Waals surface area contributed by atoms with Crippen LogP contribution in [-0.4, -0.2) is 47.0 Å². The van der Waals surface area contributed by atoms with Crippen LogP contribution in [0.1, 0.15) is 129 Å². The van der Waals surface area contributed by atoms with Crippen molar-refractivity contribution < 1.29 is 88.9 Å². The Morgan fingerprint density at radius 1 is 0.743 bits per heavy atom. The Labute approximate surface area is 256 Å². The zero-order valence-electron chi connectivity index (χ0n) is 22.4. The van der Waals surface area contributed by atoms with E-state index in [1.54, 1.807) is 0 Å². The average Bonchev–Trinajstić information content (AvgIpc) is 2.76. The number of hydrogen-bond donors (Lipinski definition) is 3. The molecule has 0 spiro atoms. The van der Waals surface area contributed by atoms with Crippen LogP contribution in [0.3, 0.4) is 0 Å². The predicted octanol–water partition coefficient (Wildman–Crippen LogP) is 3.64. The molecule has 0 heterocycles. The van der Waals surface area contributed by atoms with Crippen molar-refractivity contribution >= 4 is 22.1 Å². The maximum atomic E-state index is 10.2. The van der Waals surface area contributed by atoms with Crippen molar-refractivity contribution in [3.8, 4) is 0 Å². The summed E-state index contributed by atoms with van der Waals surface area (Å²) in [4.78, 5) is 20.0. The minimum atomic E-state index is -4.84. The maximum absolute atomic E-state index is 10.2. The number of carbonyl (C=O) groups is 2. The molecule has 0 aliphatic heterocycles. The third-order valence-electron chi connectivity index (χ3n) is 5.40. The van der Waals surface area contributed by atoms with E-state index in [9.17, 15) is 18.0 Å². The summed E-state index contributed by atoms with van der Waals surface area (Å²) in [6.07, 6.45) is 22.7. The summed E-state index contributed by atoms with van der Waals surface area (Å²) in [5.41, 5.74) is 0. The topological polar surface area (TPSA) is 138 Å². The quantitative estimate of drug-likeness (QED) is 0.0761. The fourth-order valence-electron chi connectivity index (χ4n) is 3.41. The summed E-state index contributed by atoms with van der Waals surface area (Å²) in [5, 5.41) is 13.9. The van der Waals surface area contributed by atoms with Crippen molar-refractivity contribution in [2.24, 2.45) is 0 Å². The summed E-state index contributed by atoms with van der Waals surface area (Å²) in [5.74, 6) is -3.50. The second-order valence-electron chi connectivity index (χ2n) is 8.69. The van der Waals surface area contributed by atoms with Gasteiger partial charge in [-0.3, -0.25) is 14.1 Å². The molecule has 0 rings (SSSR count). The summed E-state index contributed by atoms with van der Waals surface area (Å²) in [6.45, 7) is 7.26. The summed E-state index contributed by atoms with van der Waals surface area (Å²) >= 11 is 0. The normalized spacial score (nSPS) is 11.7. The Morgan fingerprint density at radius 2 is 1.11 bits per heavy atom. The third-order valence-corrected chi connectivity index (χ3v) is 6.48. The number of rotatable bonds is 23. The first-order chi connectivity index (χ1) is 16.2. The van der Waals surface area contributed by atoms with Gasteiger partial charge in [0.15, 0.2) is 5.25 Å². The van der Waals surface area contributed by atoms with Gasteiger partial charge < -0.3 is 14.9 Å². The van der Waals surface area contributed by atoms with Crippen molar-refractivity contribution in [2.45, 2.75) is 135 Å². The van der Waals surface area contributed by atoms with E-state index in [0.29, 0.717) is 0 Å². The van der Waals surface area contributed by atoms with E-state index in [-0.39, 0.29) is 51.4 Å². The number of aliphatic carboxylic acids is 2. The first kappa shape index (κ1) is 40.0. The van der Waals surface area contributed by atoms with Gasteiger partial charge in [-0.2, -0.15) is 14.8 Å². The molecule has 1 atom stereocenters. The molecule has 35 heavy (non-hydrogen) atoms. The fourth-order valence-corrected chi connectivity index (χ4v) is 4.02. The van der Waals surface area contributed by atoms with E-state index in [2.05, 4.69) is 13.8 Å². The van der Waals surface area contributed by atoms with Gasteiger partial charge in [-0.1, -0.05) is 110 Å². The number of carboxylic acid groups (broad SMARTS) is 2. The summed E-state index contributed by atoms with van der Waals surface area (Å²) in [7, 11) is -4.84. The molecular weight excluding hydrogens is 499 g/mol. The number of hydrogen-bond acceptors (Lipinski definition) is 5. The van der Waals surface area contributed by atoms with Gasteiger partial charge in [0.05, 0.1) is 6.42 Å². The molecule has 0 aromatic heterocycles. The minimum absolute atomic E-state index is 0. The van der Waals surface area contributed by atoms with Gasteiger partial charge in [0, 0.05) is 6.61 Å². The molecule has 0 saturated heterocycles. The van der Waals surface area contributed by atoms with Gasteiger partial charge in [0.1, 0.15) is 0 Å². The first-order valence-electron chi connectivity index (χ1n) is 13.0. The second kappa shape index (κ2) is 29.0. The van der Waals surface area contributed by atoms with Crippen LogP contribution in [0.4, 0.5) is 0 Å². The molecule has 0 aliphatic carbocycles. The van der Waals surface area contributed by atoms with Gasteiger partial charge in [-0.05, 0) is 6.42 Å². The first-order valence-corrected chi connectivity index (χ1v) is 14.5. The van der Waals surface area contributed by atoms with Crippen LogP contribution in [0.15, 0.2) is 0 Å². The smallest absolute Gasteiger partial charge is 0.552 e. The van der Waals surface area contributed by atoms with Gasteiger partial charge in [-0.25, -0.2) is 6.61 Å². The van der Waals surface area contributed by atoms with E-state index in [1.165, 1.54) is 103 Å².